The molecule has 1 aliphatic heterocycles. The van der Waals surface area contributed by atoms with Crippen LogP contribution in [0.15, 0.2) is 0 Å². The van der Waals surface area contributed by atoms with Crippen LogP contribution in [-0.4, -0.2) is 54.1 Å². The largest absolute Gasteiger partial charge is 0.329 e. The zero-order valence-corrected chi connectivity index (χ0v) is 11.7. The van der Waals surface area contributed by atoms with E-state index in [-0.39, 0.29) is 5.54 Å². The van der Waals surface area contributed by atoms with Crippen LogP contribution in [0.1, 0.15) is 40.5 Å². The average Bonchev–Trinajstić information content (AvgIpc) is 2.27. The molecule has 1 fully saturated rings. The summed E-state index contributed by atoms with van der Waals surface area (Å²) in [6.07, 6.45) is 2.41. The molecule has 0 aromatic heterocycles. The predicted molar refractivity (Wildman–Crippen MR) is 70.6 cm³/mol. The van der Waals surface area contributed by atoms with E-state index < -0.39 is 0 Å². The molecule has 0 spiro atoms. The smallest absolute Gasteiger partial charge is 0.0355 e. The van der Waals surface area contributed by atoms with Gasteiger partial charge in [0.15, 0.2) is 0 Å². The third-order valence-corrected chi connectivity index (χ3v) is 4.36. The molecule has 2 N–H and O–H groups in total. The van der Waals surface area contributed by atoms with Crippen molar-refractivity contribution in [2.24, 2.45) is 5.73 Å². The zero-order chi connectivity index (χ0) is 12.3. The summed E-state index contributed by atoms with van der Waals surface area (Å²) in [5.41, 5.74) is 6.27. The first-order chi connectivity index (χ1) is 7.43. The molecule has 0 amide bonds. The van der Waals surface area contributed by atoms with Crippen molar-refractivity contribution in [1.82, 2.24) is 9.80 Å². The summed E-state index contributed by atoms with van der Waals surface area (Å²) < 4.78 is 0. The van der Waals surface area contributed by atoms with Crippen molar-refractivity contribution in [3.63, 3.8) is 0 Å². The fourth-order valence-electron chi connectivity index (χ4n) is 2.71. The lowest BCUT2D eigenvalue weighted by atomic mass is 9.84. The number of likely N-dealkylation sites (N-methyl/N-ethyl adjacent to an activating group) is 1. The molecule has 16 heavy (non-hydrogen) atoms. The van der Waals surface area contributed by atoms with Crippen LogP contribution >= 0.6 is 0 Å². The number of hydrogen-bond donors (Lipinski definition) is 1. The number of piperidine rings is 1. The number of rotatable bonds is 4. The van der Waals surface area contributed by atoms with E-state index >= 15 is 0 Å². The molecular formula is C13H29N3. The highest BCUT2D eigenvalue weighted by Crippen LogP contribution is 2.29. The quantitative estimate of drug-likeness (QED) is 0.790. The third kappa shape index (κ3) is 2.76. The molecule has 0 atom stereocenters. The van der Waals surface area contributed by atoms with Gasteiger partial charge < -0.3 is 10.6 Å². The van der Waals surface area contributed by atoms with Gasteiger partial charge in [-0.25, -0.2) is 0 Å². The summed E-state index contributed by atoms with van der Waals surface area (Å²) in [7, 11) is 2.22. The molecule has 0 unspecified atom stereocenters. The minimum Gasteiger partial charge on any atom is -0.329 e. The molecule has 0 bridgehead atoms. The molecule has 0 radical (unpaired) electrons. The van der Waals surface area contributed by atoms with E-state index in [1.807, 2.05) is 0 Å². The van der Waals surface area contributed by atoms with Gasteiger partial charge in [-0.1, -0.05) is 0 Å². The SMILES string of the molecule is CC(C)N1CCC(CN)(N(C)C(C)C)CC1. The van der Waals surface area contributed by atoms with Crippen LogP contribution in [0, 0.1) is 0 Å². The lowest BCUT2D eigenvalue weighted by Crippen LogP contribution is -2.60. The highest BCUT2D eigenvalue weighted by Gasteiger charge is 2.38. The van der Waals surface area contributed by atoms with Gasteiger partial charge in [-0.3, -0.25) is 4.90 Å². The van der Waals surface area contributed by atoms with Crippen molar-refractivity contribution in [3.05, 3.63) is 0 Å². The Labute approximate surface area is 101 Å². The van der Waals surface area contributed by atoms with E-state index in [0.717, 1.165) is 6.54 Å². The monoisotopic (exact) mass is 227 g/mol. The van der Waals surface area contributed by atoms with Crippen LogP contribution in [0.4, 0.5) is 0 Å². The maximum atomic E-state index is 6.04. The van der Waals surface area contributed by atoms with Crippen LogP contribution in [0.2, 0.25) is 0 Å². The first-order valence-electron chi connectivity index (χ1n) is 6.60. The van der Waals surface area contributed by atoms with Crippen LogP contribution in [0.3, 0.4) is 0 Å². The Morgan fingerprint density at radius 1 is 1.19 bits per heavy atom. The molecule has 0 aromatic carbocycles. The summed E-state index contributed by atoms with van der Waals surface area (Å²) in [6, 6.07) is 1.24. The van der Waals surface area contributed by atoms with Crippen LogP contribution < -0.4 is 5.73 Å². The van der Waals surface area contributed by atoms with E-state index in [9.17, 15) is 0 Å². The van der Waals surface area contributed by atoms with Crippen molar-refractivity contribution < 1.29 is 0 Å². The lowest BCUT2D eigenvalue weighted by Gasteiger charge is -2.49. The summed E-state index contributed by atoms with van der Waals surface area (Å²) in [5.74, 6) is 0. The molecule has 3 nitrogen and oxygen atoms in total. The Hall–Kier alpha value is -0.120. The molecule has 96 valence electrons. The summed E-state index contributed by atoms with van der Waals surface area (Å²) in [5, 5.41) is 0. The van der Waals surface area contributed by atoms with Crippen LogP contribution in [0.25, 0.3) is 0 Å². The van der Waals surface area contributed by atoms with E-state index in [1.165, 1.54) is 25.9 Å². The number of likely N-dealkylation sites (tertiary alicyclic amines) is 1. The first kappa shape index (κ1) is 13.9. The minimum atomic E-state index is 0.236. The molecule has 1 heterocycles. The minimum absolute atomic E-state index is 0.236. The predicted octanol–water partition coefficient (Wildman–Crippen LogP) is 1.53. The Morgan fingerprint density at radius 2 is 1.69 bits per heavy atom. The van der Waals surface area contributed by atoms with Crippen LogP contribution in [-0.2, 0) is 0 Å². The molecule has 1 rings (SSSR count). The molecule has 3 heteroatoms. The van der Waals surface area contributed by atoms with E-state index in [0.29, 0.717) is 12.1 Å². The molecule has 1 aliphatic rings. The topological polar surface area (TPSA) is 32.5 Å². The standard InChI is InChI=1S/C13H29N3/c1-11(2)15(5)13(10-14)6-8-16(9-7-13)12(3)4/h11-12H,6-10,14H2,1-5H3. The Bertz CT molecular complexity index is 205. The maximum absolute atomic E-state index is 6.04. The number of nitrogens with zero attached hydrogens (tertiary/aromatic N) is 2. The van der Waals surface area contributed by atoms with Crippen molar-refractivity contribution in [1.29, 1.82) is 0 Å². The highest BCUT2D eigenvalue weighted by molar-refractivity contribution is 4.96. The van der Waals surface area contributed by atoms with Gasteiger partial charge in [0.1, 0.15) is 0 Å². The lowest BCUT2D eigenvalue weighted by molar-refractivity contribution is 0.0171. The summed E-state index contributed by atoms with van der Waals surface area (Å²) >= 11 is 0. The van der Waals surface area contributed by atoms with Crippen molar-refractivity contribution in [2.45, 2.75) is 58.2 Å². The van der Waals surface area contributed by atoms with Gasteiger partial charge in [0, 0.05) is 37.3 Å². The van der Waals surface area contributed by atoms with E-state index in [4.69, 9.17) is 5.73 Å². The fourth-order valence-corrected chi connectivity index (χ4v) is 2.71. The molecule has 1 saturated heterocycles. The normalized spacial score (nSPS) is 22.3. The summed E-state index contributed by atoms with van der Waals surface area (Å²) in [6.45, 7) is 12.2. The molecular weight excluding hydrogens is 198 g/mol. The van der Waals surface area contributed by atoms with Gasteiger partial charge in [0.05, 0.1) is 0 Å². The number of hydrogen-bond acceptors (Lipinski definition) is 3. The second-order valence-electron chi connectivity index (χ2n) is 5.76. The van der Waals surface area contributed by atoms with Gasteiger partial charge in [0.2, 0.25) is 0 Å². The van der Waals surface area contributed by atoms with Crippen LogP contribution in [0.5, 0.6) is 0 Å². The van der Waals surface area contributed by atoms with E-state index in [1.54, 1.807) is 0 Å². The number of nitrogens with two attached hydrogens (primary N) is 1. The zero-order valence-electron chi connectivity index (χ0n) is 11.7. The average molecular weight is 227 g/mol. The van der Waals surface area contributed by atoms with Gasteiger partial charge in [-0.05, 0) is 47.6 Å². The second kappa shape index (κ2) is 5.48. The summed E-state index contributed by atoms with van der Waals surface area (Å²) in [4.78, 5) is 5.03. The first-order valence-corrected chi connectivity index (χ1v) is 6.60. The van der Waals surface area contributed by atoms with Gasteiger partial charge in [-0.15, -0.1) is 0 Å². The van der Waals surface area contributed by atoms with Gasteiger partial charge >= 0.3 is 0 Å². The molecule has 0 aliphatic carbocycles. The van der Waals surface area contributed by atoms with E-state index in [2.05, 4.69) is 44.5 Å². The highest BCUT2D eigenvalue weighted by atomic mass is 15.2. The van der Waals surface area contributed by atoms with Gasteiger partial charge in [-0.2, -0.15) is 0 Å². The Morgan fingerprint density at radius 3 is 2.00 bits per heavy atom. The van der Waals surface area contributed by atoms with Crippen molar-refractivity contribution in [3.8, 4) is 0 Å². The van der Waals surface area contributed by atoms with Crippen molar-refractivity contribution in [2.75, 3.05) is 26.7 Å². The maximum Gasteiger partial charge on any atom is 0.0355 e. The van der Waals surface area contributed by atoms with Crippen molar-refractivity contribution >= 4 is 0 Å². The third-order valence-electron chi connectivity index (χ3n) is 4.36. The Balaban J connectivity index is 2.65. The fraction of sp³-hybridized carbons (Fsp3) is 1.00. The molecule has 0 saturated carbocycles. The van der Waals surface area contributed by atoms with Gasteiger partial charge in [0.25, 0.3) is 0 Å². The second-order valence-corrected chi connectivity index (χ2v) is 5.76. The Kier molecular flexibility index (Phi) is 4.77. The molecule has 0 aromatic rings.